The second-order valence-corrected chi connectivity index (χ2v) is 7.21. The number of halogens is 3. The van der Waals surface area contributed by atoms with Crippen LogP contribution in [0.1, 0.15) is 43.4 Å². The van der Waals surface area contributed by atoms with Gasteiger partial charge < -0.3 is 41.6 Å². The summed E-state index contributed by atoms with van der Waals surface area (Å²) in [5.74, 6) is 0. The Morgan fingerprint density at radius 2 is 1.81 bits per heavy atom. The zero-order valence-electron chi connectivity index (χ0n) is 16.2. The lowest BCUT2D eigenvalue weighted by atomic mass is 9.85. The highest BCUT2D eigenvalue weighted by atomic mass is 127. The fraction of sp³-hybridized carbons (Fsp3) is 0.300. The third-order valence-electron chi connectivity index (χ3n) is 5.47. The summed E-state index contributed by atoms with van der Waals surface area (Å²) in [4.78, 5) is 0. The second-order valence-electron chi connectivity index (χ2n) is 7.21. The summed E-state index contributed by atoms with van der Waals surface area (Å²) in [6, 6.07) is 7.83. The van der Waals surface area contributed by atoms with Gasteiger partial charge in [-0.25, -0.2) is 0 Å². The first-order chi connectivity index (χ1) is 12.3. The Bertz CT molecular complexity index is 1050. The van der Waals surface area contributed by atoms with Gasteiger partial charge in [-0.1, -0.05) is 0 Å². The average Bonchev–Trinajstić information content (AvgIpc) is 3.05. The van der Waals surface area contributed by atoms with Gasteiger partial charge in [0.25, 0.3) is 0 Å². The Kier molecular flexibility index (Phi) is 4.95. The highest BCUT2D eigenvalue weighted by Crippen LogP contribution is 2.43. The van der Waals surface area contributed by atoms with E-state index in [0.717, 1.165) is 28.9 Å². The number of nitrogens with zero attached hydrogens (tertiary/aromatic N) is 3. The summed E-state index contributed by atoms with van der Waals surface area (Å²) in [6.07, 6.45) is 3.87. The number of hydrogen-bond donors (Lipinski definition) is 0. The van der Waals surface area contributed by atoms with Gasteiger partial charge in [-0.15, -0.1) is 0 Å². The van der Waals surface area contributed by atoms with Crippen molar-refractivity contribution in [2.45, 2.75) is 41.2 Å². The minimum absolute atomic E-state index is 0. The monoisotopic (exact) mass is 481 g/mol. The van der Waals surface area contributed by atoms with Crippen molar-refractivity contribution in [3.63, 3.8) is 0 Å². The van der Waals surface area contributed by atoms with Crippen molar-refractivity contribution in [2.75, 3.05) is 0 Å². The van der Waals surface area contributed by atoms with Gasteiger partial charge >= 0.3 is 6.97 Å². The summed E-state index contributed by atoms with van der Waals surface area (Å²) in [5, 5.41) is 0. The smallest absolute Gasteiger partial charge is 0.737 e. The molecular weight excluding hydrogens is 458 g/mol. The van der Waals surface area contributed by atoms with E-state index in [9.17, 15) is 0 Å². The fourth-order valence-corrected chi connectivity index (χ4v) is 4.52. The molecule has 0 N–H and O–H groups in total. The van der Waals surface area contributed by atoms with Crippen LogP contribution in [0.5, 0.6) is 0 Å². The van der Waals surface area contributed by atoms with Crippen molar-refractivity contribution in [3.05, 3.63) is 70.5 Å². The predicted octanol–water partition coefficient (Wildman–Crippen LogP) is 0.845. The number of allylic oxidation sites excluding steroid dienone is 2. The van der Waals surface area contributed by atoms with Gasteiger partial charge in [0, 0.05) is 36.4 Å². The molecule has 0 aliphatic carbocycles. The third kappa shape index (κ3) is 2.65. The molecular formula is C20H23BF2IN3. The third-order valence-corrected chi connectivity index (χ3v) is 5.47. The van der Waals surface area contributed by atoms with Crippen LogP contribution in [0.3, 0.4) is 0 Å². The van der Waals surface area contributed by atoms with E-state index in [1.807, 2.05) is 50.4 Å². The Balaban J connectivity index is 0.00000210. The average molecular weight is 481 g/mol. The van der Waals surface area contributed by atoms with Crippen LogP contribution >= 0.6 is 0 Å². The summed E-state index contributed by atoms with van der Waals surface area (Å²) in [6.45, 7) is 6.30. The van der Waals surface area contributed by atoms with E-state index >= 15 is 8.63 Å². The Hall–Kier alpha value is -1.77. The lowest BCUT2D eigenvalue weighted by molar-refractivity contribution is -0.695. The maximum Gasteiger partial charge on any atom is 0.737 e. The van der Waals surface area contributed by atoms with E-state index in [1.165, 1.54) is 8.96 Å². The minimum atomic E-state index is -3.92. The molecule has 2 aliphatic heterocycles. The van der Waals surface area contributed by atoms with Crippen molar-refractivity contribution in [1.29, 1.82) is 0 Å². The fourth-order valence-electron chi connectivity index (χ4n) is 4.52. The Morgan fingerprint density at radius 1 is 1.11 bits per heavy atom. The summed E-state index contributed by atoms with van der Waals surface area (Å²) in [5.41, 5.74) is 6.07. The molecule has 0 fully saturated rings. The molecule has 2 aliphatic rings. The Morgan fingerprint density at radius 3 is 2.48 bits per heavy atom. The maximum atomic E-state index is 15.6. The van der Waals surface area contributed by atoms with Crippen molar-refractivity contribution >= 4 is 18.3 Å². The zero-order valence-corrected chi connectivity index (χ0v) is 18.4. The number of pyridine rings is 1. The normalized spacial score (nSPS) is 17.5. The highest BCUT2D eigenvalue weighted by Gasteiger charge is 2.56. The number of aromatic nitrogens is 2. The molecule has 2 aromatic heterocycles. The van der Waals surface area contributed by atoms with E-state index < -0.39 is 6.97 Å². The number of hydrogen-bond acceptors (Lipinski definition) is 0. The molecule has 7 heteroatoms. The molecule has 2 aromatic rings. The molecule has 0 atom stereocenters. The van der Waals surface area contributed by atoms with Crippen LogP contribution in [0.25, 0.3) is 5.57 Å². The van der Waals surface area contributed by atoms with E-state index in [-0.39, 0.29) is 24.0 Å². The largest absolute Gasteiger partial charge is 1.00 e. The van der Waals surface area contributed by atoms with Crippen LogP contribution in [-0.4, -0.2) is 21.6 Å². The van der Waals surface area contributed by atoms with Crippen LogP contribution in [0, 0.1) is 13.8 Å². The van der Waals surface area contributed by atoms with Gasteiger partial charge in [-0.05, 0) is 51.1 Å². The Labute approximate surface area is 175 Å². The minimum Gasteiger partial charge on any atom is -1.00 e. The zero-order chi connectivity index (χ0) is 18.8. The van der Waals surface area contributed by atoms with E-state index in [2.05, 4.69) is 11.5 Å². The quantitative estimate of drug-likeness (QED) is 0.343. The highest BCUT2D eigenvalue weighted by molar-refractivity contribution is 6.58. The molecule has 0 saturated carbocycles. The molecule has 0 saturated heterocycles. The van der Waals surface area contributed by atoms with Crippen LogP contribution in [0.4, 0.5) is 8.63 Å². The molecule has 0 radical (unpaired) electrons. The van der Waals surface area contributed by atoms with Crippen LogP contribution in [-0.2, 0) is 6.54 Å². The van der Waals surface area contributed by atoms with Crippen molar-refractivity contribution in [3.8, 4) is 0 Å². The number of aryl methyl sites for hydroxylation is 3. The van der Waals surface area contributed by atoms with Crippen molar-refractivity contribution in [2.24, 2.45) is 0 Å². The molecule has 0 spiro atoms. The molecule has 142 valence electrons. The summed E-state index contributed by atoms with van der Waals surface area (Å²) < 4.78 is 35.8. The van der Waals surface area contributed by atoms with Crippen LogP contribution < -0.4 is 28.5 Å². The van der Waals surface area contributed by atoms with Crippen LogP contribution in [0.2, 0.25) is 0 Å². The van der Waals surface area contributed by atoms with E-state index in [0.29, 0.717) is 22.8 Å². The predicted molar refractivity (Wildman–Crippen MR) is 100 cm³/mol. The van der Waals surface area contributed by atoms with Gasteiger partial charge in [0.05, 0.1) is 0 Å². The van der Waals surface area contributed by atoms with Gasteiger partial charge in [0.15, 0.2) is 11.9 Å². The van der Waals surface area contributed by atoms with E-state index in [1.54, 1.807) is 13.8 Å². The molecule has 4 rings (SSSR count). The lowest BCUT2D eigenvalue weighted by Gasteiger charge is -2.33. The van der Waals surface area contributed by atoms with Crippen molar-refractivity contribution in [1.82, 2.24) is 4.48 Å². The first-order valence-corrected chi connectivity index (χ1v) is 9.05. The first-order valence-electron chi connectivity index (χ1n) is 9.05. The van der Waals surface area contributed by atoms with Gasteiger partial charge in [0.1, 0.15) is 17.8 Å². The van der Waals surface area contributed by atoms with Crippen LogP contribution in [0.15, 0.2) is 47.8 Å². The molecule has 3 nitrogen and oxygen atoms in total. The first kappa shape index (κ1) is 20.0. The number of rotatable bonds is 2. The molecule has 0 unspecified atom stereocenters. The van der Waals surface area contributed by atoms with Gasteiger partial charge in [0.2, 0.25) is 5.69 Å². The summed E-state index contributed by atoms with van der Waals surface area (Å²) in [7, 11) is 0. The van der Waals surface area contributed by atoms with E-state index in [4.69, 9.17) is 0 Å². The number of fused-ring (bicyclic) bond motifs is 2. The second kappa shape index (κ2) is 6.69. The maximum absolute atomic E-state index is 15.6. The molecule has 27 heavy (non-hydrogen) atoms. The lowest BCUT2D eigenvalue weighted by Crippen LogP contribution is -3.00. The summed E-state index contributed by atoms with van der Waals surface area (Å²) >= 11 is 0. The van der Waals surface area contributed by atoms with Crippen molar-refractivity contribution < 1.29 is 41.7 Å². The molecule has 0 bridgehead atoms. The topological polar surface area (TPSA) is 11.8 Å². The van der Waals surface area contributed by atoms with Gasteiger partial charge in [-0.3, -0.25) is 0 Å². The SMILES string of the molecule is CC[n+]1ccccc1C1=C2C(C)=CC(C)=[N+]2[B-](F)(F)n2c(C)cc(C)c21.[I-]. The molecule has 4 heterocycles. The van der Waals surface area contributed by atoms with Gasteiger partial charge in [-0.2, -0.15) is 4.57 Å². The molecule has 0 amide bonds. The standard InChI is InChI=1S/C20H23BF2N3.HI/c1-6-24-10-8-7-9-17(24)18-19-13(2)11-15(4)25(19)21(22,23)26-16(5)12-14(3)20(18)26;/h7-12H,6H2,1-5H3;1H/q+1;/p-1. The molecule has 0 aromatic carbocycles.